The van der Waals surface area contributed by atoms with Gasteiger partial charge in [-0.25, -0.2) is 18.2 Å². The van der Waals surface area contributed by atoms with Gasteiger partial charge in [0.2, 0.25) is 10.0 Å². The molecule has 0 radical (unpaired) electrons. The highest BCUT2D eigenvalue weighted by molar-refractivity contribution is 7.90. The van der Waals surface area contributed by atoms with Gasteiger partial charge in [0.1, 0.15) is 16.5 Å². The highest BCUT2D eigenvalue weighted by Crippen LogP contribution is 2.46. The summed E-state index contributed by atoms with van der Waals surface area (Å²) in [5.41, 5.74) is 1.33. The van der Waals surface area contributed by atoms with E-state index in [2.05, 4.69) is 16.4 Å². The van der Waals surface area contributed by atoms with Crippen molar-refractivity contribution in [2.45, 2.75) is 24.0 Å². The normalized spacial score (nSPS) is 17.0. The third-order valence-electron chi connectivity index (χ3n) is 3.94. The summed E-state index contributed by atoms with van der Waals surface area (Å²) < 4.78 is 24.0. The number of para-hydroxylation sites is 1. The fourth-order valence-electron chi connectivity index (χ4n) is 2.54. The van der Waals surface area contributed by atoms with Gasteiger partial charge in [-0.15, -0.1) is 5.10 Å². The maximum Gasteiger partial charge on any atom is 0.220 e. The Hall–Kier alpha value is -2.24. The third-order valence-corrected chi connectivity index (χ3v) is 5.64. The Balaban J connectivity index is 2.08. The van der Waals surface area contributed by atoms with Gasteiger partial charge in [-0.05, 0) is 31.4 Å². The van der Waals surface area contributed by atoms with Crippen molar-refractivity contribution in [1.82, 2.24) is 15.0 Å². The lowest BCUT2D eigenvalue weighted by atomic mass is 9.82. The van der Waals surface area contributed by atoms with E-state index in [1.807, 2.05) is 0 Å². The van der Waals surface area contributed by atoms with Crippen molar-refractivity contribution in [2.75, 3.05) is 0 Å². The molecule has 0 spiro atoms. The van der Waals surface area contributed by atoms with Crippen LogP contribution in [0.4, 0.5) is 0 Å². The minimum Gasteiger partial charge on any atom is -0.228 e. The van der Waals surface area contributed by atoms with E-state index in [1.165, 1.54) is 4.68 Å². The number of rotatable bonds is 3. The number of hydrogen-bond acceptors (Lipinski definition) is 5. The lowest BCUT2D eigenvalue weighted by Crippen LogP contribution is -2.46. The van der Waals surface area contributed by atoms with E-state index >= 15 is 0 Å². The van der Waals surface area contributed by atoms with Gasteiger partial charge in [-0.2, -0.15) is 5.26 Å². The number of nitrogens with zero attached hydrogens (tertiary/aromatic N) is 4. The zero-order valence-corrected chi connectivity index (χ0v) is 11.9. The molecular formula is C13H13N5O2S. The molecule has 1 aliphatic rings. The van der Waals surface area contributed by atoms with Crippen LogP contribution in [0.15, 0.2) is 30.5 Å². The Kier molecular flexibility index (Phi) is 3.04. The summed E-state index contributed by atoms with van der Waals surface area (Å²) in [5.74, 6) is 0. The van der Waals surface area contributed by atoms with E-state index in [9.17, 15) is 8.42 Å². The molecule has 1 saturated carbocycles. The summed E-state index contributed by atoms with van der Waals surface area (Å²) in [6, 6.07) is 8.98. The zero-order chi connectivity index (χ0) is 15.1. The summed E-state index contributed by atoms with van der Waals surface area (Å²) in [6.07, 6.45) is 3.23. The van der Waals surface area contributed by atoms with Crippen LogP contribution in [-0.4, -0.2) is 23.4 Å². The number of nitriles is 1. The molecule has 1 aromatic heterocycles. The number of benzene rings is 1. The Morgan fingerprint density at radius 3 is 2.62 bits per heavy atom. The molecule has 1 aromatic carbocycles. The Labute approximate surface area is 122 Å². The van der Waals surface area contributed by atoms with E-state index in [4.69, 9.17) is 10.4 Å². The molecule has 3 rings (SSSR count). The predicted octanol–water partition coefficient (Wildman–Crippen LogP) is 0.807. The minimum atomic E-state index is -3.75. The molecule has 1 heterocycles. The van der Waals surface area contributed by atoms with E-state index < -0.39 is 14.8 Å². The minimum absolute atomic E-state index is 0.337. The second-order valence-electron chi connectivity index (χ2n) is 5.07. The predicted molar refractivity (Wildman–Crippen MR) is 74.7 cm³/mol. The Bertz CT molecular complexity index is 830. The summed E-state index contributed by atoms with van der Waals surface area (Å²) in [7, 11) is -3.75. The second kappa shape index (κ2) is 4.65. The molecule has 2 aromatic rings. The van der Waals surface area contributed by atoms with Crippen molar-refractivity contribution in [3.8, 4) is 11.8 Å². The van der Waals surface area contributed by atoms with E-state index in [1.54, 1.807) is 30.5 Å². The summed E-state index contributed by atoms with van der Waals surface area (Å²) >= 11 is 0. The average Bonchev–Trinajstić information content (AvgIpc) is 2.85. The third kappa shape index (κ3) is 2.02. The van der Waals surface area contributed by atoms with Crippen LogP contribution in [0, 0.1) is 11.3 Å². The van der Waals surface area contributed by atoms with Crippen LogP contribution in [0.1, 0.15) is 30.5 Å². The van der Waals surface area contributed by atoms with Crippen molar-refractivity contribution < 1.29 is 8.42 Å². The van der Waals surface area contributed by atoms with Crippen molar-refractivity contribution in [3.05, 3.63) is 41.7 Å². The van der Waals surface area contributed by atoms with Crippen LogP contribution in [0.5, 0.6) is 0 Å². The van der Waals surface area contributed by atoms with Crippen LogP contribution < -0.4 is 5.14 Å². The molecule has 0 aliphatic heterocycles. The monoisotopic (exact) mass is 303 g/mol. The molecular weight excluding hydrogens is 290 g/mol. The topological polar surface area (TPSA) is 115 Å². The van der Waals surface area contributed by atoms with Gasteiger partial charge >= 0.3 is 0 Å². The van der Waals surface area contributed by atoms with Crippen molar-refractivity contribution in [3.63, 3.8) is 0 Å². The van der Waals surface area contributed by atoms with Crippen LogP contribution in [-0.2, 0) is 14.8 Å². The summed E-state index contributed by atoms with van der Waals surface area (Å²) in [5, 5.41) is 22.4. The average molecular weight is 303 g/mol. The van der Waals surface area contributed by atoms with Crippen LogP contribution in [0.2, 0.25) is 0 Å². The number of hydrogen-bond donors (Lipinski definition) is 1. The molecule has 2 N–H and O–H groups in total. The first kappa shape index (κ1) is 13.7. The standard InChI is InChI=1S/C13H13N5O2S/c14-8-10-4-1-2-5-11(10)18-9-12(16-17-18)13(6-3-7-13)21(15,19)20/h1-2,4-5,9H,3,6-7H2,(H2,15,19,20). The highest BCUT2D eigenvalue weighted by atomic mass is 32.2. The molecule has 7 nitrogen and oxygen atoms in total. The molecule has 1 aliphatic carbocycles. The maximum atomic E-state index is 11.9. The molecule has 0 unspecified atom stereocenters. The van der Waals surface area contributed by atoms with Crippen LogP contribution >= 0.6 is 0 Å². The first-order chi connectivity index (χ1) is 9.98. The van der Waals surface area contributed by atoms with Crippen molar-refractivity contribution in [2.24, 2.45) is 5.14 Å². The van der Waals surface area contributed by atoms with Gasteiger partial charge in [0, 0.05) is 0 Å². The maximum absolute atomic E-state index is 11.9. The summed E-state index contributed by atoms with van der Waals surface area (Å²) in [6.45, 7) is 0. The van der Waals surface area contributed by atoms with Gasteiger partial charge < -0.3 is 0 Å². The fraction of sp³-hybridized carbons (Fsp3) is 0.308. The molecule has 0 atom stereocenters. The number of sulfonamides is 1. The van der Waals surface area contributed by atoms with E-state index in [-0.39, 0.29) is 0 Å². The molecule has 8 heteroatoms. The first-order valence-electron chi connectivity index (χ1n) is 6.43. The highest BCUT2D eigenvalue weighted by Gasteiger charge is 2.51. The van der Waals surface area contributed by atoms with Gasteiger partial charge in [-0.3, -0.25) is 0 Å². The largest absolute Gasteiger partial charge is 0.228 e. The summed E-state index contributed by atoms with van der Waals surface area (Å²) in [4.78, 5) is 0. The van der Waals surface area contributed by atoms with Gasteiger partial charge in [-0.1, -0.05) is 17.3 Å². The van der Waals surface area contributed by atoms with E-state index in [0.717, 1.165) is 6.42 Å². The first-order valence-corrected chi connectivity index (χ1v) is 7.97. The smallest absolute Gasteiger partial charge is 0.220 e. The van der Waals surface area contributed by atoms with Crippen molar-refractivity contribution >= 4 is 10.0 Å². The van der Waals surface area contributed by atoms with Gasteiger partial charge in [0.05, 0.1) is 17.4 Å². The van der Waals surface area contributed by atoms with E-state index in [0.29, 0.717) is 29.8 Å². The molecule has 108 valence electrons. The Morgan fingerprint density at radius 1 is 1.33 bits per heavy atom. The fourth-order valence-corrected chi connectivity index (χ4v) is 3.79. The lowest BCUT2D eigenvalue weighted by molar-refractivity contribution is 0.337. The number of aromatic nitrogens is 3. The zero-order valence-electron chi connectivity index (χ0n) is 11.1. The lowest BCUT2D eigenvalue weighted by Gasteiger charge is -2.37. The number of nitrogens with two attached hydrogens (primary N) is 1. The Morgan fingerprint density at radius 2 is 2.05 bits per heavy atom. The number of primary sulfonamides is 1. The quantitative estimate of drug-likeness (QED) is 0.900. The van der Waals surface area contributed by atoms with Gasteiger partial charge in [0.25, 0.3) is 0 Å². The molecule has 0 bridgehead atoms. The molecule has 0 saturated heterocycles. The van der Waals surface area contributed by atoms with Crippen LogP contribution in [0.25, 0.3) is 5.69 Å². The van der Waals surface area contributed by atoms with Gasteiger partial charge in [0.15, 0.2) is 0 Å². The van der Waals surface area contributed by atoms with Crippen LogP contribution in [0.3, 0.4) is 0 Å². The molecule has 1 fully saturated rings. The molecule has 21 heavy (non-hydrogen) atoms. The van der Waals surface area contributed by atoms with Crippen molar-refractivity contribution in [1.29, 1.82) is 5.26 Å². The SMILES string of the molecule is N#Cc1ccccc1-n1cc(C2(S(N)(=O)=O)CCC2)nn1. The molecule has 0 amide bonds. The second-order valence-corrected chi connectivity index (χ2v) is 6.94.